The minimum atomic E-state index is -0.0230. The maximum atomic E-state index is 12.7. The first kappa shape index (κ1) is 17.1. The van der Waals surface area contributed by atoms with E-state index in [0.29, 0.717) is 6.04 Å². The van der Waals surface area contributed by atoms with E-state index in [-0.39, 0.29) is 12.1 Å². The number of amides is 2. The largest absolute Gasteiger partial charge is 0.364 e. The third kappa shape index (κ3) is 2.89. The van der Waals surface area contributed by atoms with Crippen molar-refractivity contribution in [1.29, 1.82) is 0 Å². The molecule has 0 radical (unpaired) electrons. The van der Waals surface area contributed by atoms with Gasteiger partial charge in [0, 0.05) is 25.3 Å². The number of para-hydroxylation sites is 1. The number of hydrogen-bond donors (Lipinski definition) is 1. The second-order valence-corrected chi connectivity index (χ2v) is 7.87. The number of fused-ring (bicyclic) bond motifs is 2. The number of anilines is 1. The molecule has 0 aliphatic carbocycles. The van der Waals surface area contributed by atoms with Crippen molar-refractivity contribution in [3.8, 4) is 0 Å². The molecule has 2 aliphatic rings. The van der Waals surface area contributed by atoms with Crippen LogP contribution in [0.4, 0.5) is 10.5 Å². The Hall–Kier alpha value is -3.01. The molecule has 0 bridgehead atoms. The molecular weight excluding hydrogens is 346 g/mol. The summed E-state index contributed by atoms with van der Waals surface area (Å²) in [5.41, 5.74) is 3.93. The molecule has 5 rings (SSSR count). The normalized spacial score (nSPS) is 17.3. The monoisotopic (exact) mass is 371 g/mol. The number of benzene rings is 3. The zero-order valence-corrected chi connectivity index (χ0v) is 16.1. The maximum Gasteiger partial charge on any atom is 0.318 e. The Morgan fingerprint density at radius 3 is 2.64 bits per heavy atom. The van der Waals surface area contributed by atoms with E-state index < -0.39 is 0 Å². The average molecular weight is 371 g/mol. The molecule has 3 aromatic carbocycles. The fraction of sp³-hybridized carbons (Fsp3) is 0.292. The van der Waals surface area contributed by atoms with Crippen LogP contribution >= 0.6 is 0 Å². The predicted octanol–water partition coefficient (Wildman–Crippen LogP) is 4.36. The summed E-state index contributed by atoms with van der Waals surface area (Å²) in [6.45, 7) is 4.71. The summed E-state index contributed by atoms with van der Waals surface area (Å²) in [5, 5.41) is 5.60. The first-order valence-corrected chi connectivity index (χ1v) is 10.1. The Bertz CT molecular complexity index is 1020. The van der Waals surface area contributed by atoms with E-state index in [2.05, 4.69) is 71.7 Å². The van der Waals surface area contributed by atoms with Crippen molar-refractivity contribution in [2.24, 2.45) is 0 Å². The number of likely N-dealkylation sites (tertiary alicyclic amines) is 1. The Balaban J connectivity index is 1.23. The molecule has 4 nitrogen and oxygen atoms in total. The molecule has 2 aliphatic heterocycles. The van der Waals surface area contributed by atoms with E-state index in [9.17, 15) is 4.79 Å². The van der Waals surface area contributed by atoms with Crippen LogP contribution in [0.3, 0.4) is 0 Å². The number of nitrogens with one attached hydrogen (secondary N) is 1. The van der Waals surface area contributed by atoms with Crippen LogP contribution in [0.25, 0.3) is 10.8 Å². The second kappa shape index (κ2) is 6.86. The highest BCUT2D eigenvalue weighted by Gasteiger charge is 2.37. The zero-order chi connectivity index (χ0) is 19.1. The summed E-state index contributed by atoms with van der Waals surface area (Å²) in [7, 11) is 0. The molecule has 1 atom stereocenters. The third-order valence-electron chi connectivity index (χ3n) is 6.14. The molecule has 142 valence electrons. The van der Waals surface area contributed by atoms with Gasteiger partial charge in [-0.05, 0) is 41.3 Å². The Kier molecular flexibility index (Phi) is 4.19. The van der Waals surface area contributed by atoms with Gasteiger partial charge in [0.1, 0.15) is 0 Å². The van der Waals surface area contributed by atoms with E-state index in [1.165, 1.54) is 22.0 Å². The number of hydrogen-bond acceptors (Lipinski definition) is 2. The number of rotatable bonds is 3. The molecule has 1 fully saturated rings. The molecule has 0 spiro atoms. The van der Waals surface area contributed by atoms with Crippen LogP contribution in [0.15, 0.2) is 66.7 Å². The SMILES string of the molecule is CC(NC(=O)N1CC(N2CCc3ccccc32)C1)c1cccc2ccccc12. The van der Waals surface area contributed by atoms with Gasteiger partial charge in [-0.2, -0.15) is 0 Å². The van der Waals surface area contributed by atoms with Gasteiger partial charge >= 0.3 is 6.03 Å². The van der Waals surface area contributed by atoms with Crippen LogP contribution in [-0.2, 0) is 6.42 Å². The third-order valence-corrected chi connectivity index (χ3v) is 6.14. The summed E-state index contributed by atoms with van der Waals surface area (Å²) in [4.78, 5) is 17.1. The molecule has 1 saturated heterocycles. The first-order valence-electron chi connectivity index (χ1n) is 10.1. The van der Waals surface area contributed by atoms with Crippen LogP contribution in [0.1, 0.15) is 24.1 Å². The predicted molar refractivity (Wildman–Crippen MR) is 114 cm³/mol. The van der Waals surface area contributed by atoms with Gasteiger partial charge in [0.05, 0.1) is 12.1 Å². The molecule has 28 heavy (non-hydrogen) atoms. The lowest BCUT2D eigenvalue weighted by Crippen LogP contribution is -2.63. The first-order chi connectivity index (χ1) is 13.7. The maximum absolute atomic E-state index is 12.7. The smallest absolute Gasteiger partial charge is 0.318 e. The van der Waals surface area contributed by atoms with Crippen molar-refractivity contribution in [2.75, 3.05) is 24.5 Å². The van der Waals surface area contributed by atoms with Crippen molar-refractivity contribution >= 4 is 22.5 Å². The van der Waals surface area contributed by atoms with Crippen LogP contribution in [0.2, 0.25) is 0 Å². The van der Waals surface area contributed by atoms with Crippen molar-refractivity contribution in [2.45, 2.75) is 25.4 Å². The average Bonchev–Trinajstić information content (AvgIpc) is 3.10. The molecule has 3 aromatic rings. The summed E-state index contributed by atoms with van der Waals surface area (Å²) in [5.74, 6) is 0. The lowest BCUT2D eigenvalue weighted by atomic mass is 9.99. The van der Waals surface area contributed by atoms with Crippen molar-refractivity contribution in [3.05, 3.63) is 77.9 Å². The van der Waals surface area contributed by atoms with Crippen molar-refractivity contribution in [3.63, 3.8) is 0 Å². The van der Waals surface area contributed by atoms with Gasteiger partial charge < -0.3 is 15.1 Å². The number of nitrogens with zero attached hydrogens (tertiary/aromatic N) is 2. The van der Waals surface area contributed by atoms with Gasteiger partial charge in [-0.25, -0.2) is 4.79 Å². The molecule has 1 unspecified atom stereocenters. The van der Waals surface area contributed by atoms with Crippen LogP contribution in [0, 0.1) is 0 Å². The summed E-state index contributed by atoms with van der Waals surface area (Å²) < 4.78 is 0. The van der Waals surface area contributed by atoms with Crippen molar-refractivity contribution in [1.82, 2.24) is 10.2 Å². The lowest BCUT2D eigenvalue weighted by Gasteiger charge is -2.45. The molecule has 2 amide bonds. The van der Waals surface area contributed by atoms with Gasteiger partial charge in [-0.1, -0.05) is 60.7 Å². The second-order valence-electron chi connectivity index (χ2n) is 7.87. The highest BCUT2D eigenvalue weighted by Crippen LogP contribution is 2.32. The summed E-state index contributed by atoms with van der Waals surface area (Å²) in [6.07, 6.45) is 1.11. The molecule has 0 aromatic heterocycles. The van der Waals surface area contributed by atoms with Crippen LogP contribution in [0.5, 0.6) is 0 Å². The minimum absolute atomic E-state index is 0.0230. The summed E-state index contributed by atoms with van der Waals surface area (Å²) in [6, 6.07) is 23.7. The number of urea groups is 1. The zero-order valence-electron chi connectivity index (χ0n) is 16.1. The van der Waals surface area contributed by atoms with E-state index in [1.807, 2.05) is 17.0 Å². The van der Waals surface area contributed by atoms with E-state index in [1.54, 1.807) is 0 Å². The topological polar surface area (TPSA) is 35.6 Å². The Morgan fingerprint density at radius 1 is 1.00 bits per heavy atom. The van der Waals surface area contributed by atoms with Gasteiger partial charge in [0.25, 0.3) is 0 Å². The van der Waals surface area contributed by atoms with Crippen LogP contribution < -0.4 is 10.2 Å². The minimum Gasteiger partial charge on any atom is -0.364 e. The summed E-state index contributed by atoms with van der Waals surface area (Å²) >= 11 is 0. The highest BCUT2D eigenvalue weighted by molar-refractivity contribution is 5.86. The number of carbonyl (C=O) groups excluding carboxylic acids is 1. The van der Waals surface area contributed by atoms with Gasteiger partial charge in [0.15, 0.2) is 0 Å². The fourth-order valence-corrected chi connectivity index (χ4v) is 4.54. The Labute approximate surface area is 165 Å². The van der Waals surface area contributed by atoms with Gasteiger partial charge in [-0.3, -0.25) is 0 Å². The molecule has 1 N–H and O–H groups in total. The molecule has 4 heteroatoms. The standard InChI is InChI=1S/C24H25N3O/c1-17(21-11-6-9-18-7-2-4-10-22(18)21)25-24(28)26-15-20(16-26)27-14-13-19-8-3-5-12-23(19)27/h2-12,17,20H,13-16H2,1H3,(H,25,28). The molecule has 2 heterocycles. The highest BCUT2D eigenvalue weighted by atomic mass is 16.2. The van der Waals surface area contributed by atoms with Crippen LogP contribution in [-0.4, -0.2) is 36.6 Å². The van der Waals surface area contributed by atoms with E-state index >= 15 is 0 Å². The molecule has 0 saturated carbocycles. The molecular formula is C24H25N3O. The Morgan fingerprint density at radius 2 is 1.75 bits per heavy atom. The van der Waals surface area contributed by atoms with E-state index in [0.717, 1.165) is 31.6 Å². The lowest BCUT2D eigenvalue weighted by molar-refractivity contribution is 0.147. The fourth-order valence-electron chi connectivity index (χ4n) is 4.54. The van der Waals surface area contributed by atoms with Crippen molar-refractivity contribution < 1.29 is 4.79 Å². The quantitative estimate of drug-likeness (QED) is 0.743. The van der Waals surface area contributed by atoms with E-state index in [4.69, 9.17) is 0 Å². The van der Waals surface area contributed by atoms with Gasteiger partial charge in [0.2, 0.25) is 0 Å². The number of carbonyl (C=O) groups is 1. The van der Waals surface area contributed by atoms with Gasteiger partial charge in [-0.15, -0.1) is 0 Å².